The molecule has 0 bridgehead atoms. The first-order valence-corrected chi connectivity index (χ1v) is 5.89. The number of anilines is 1. The number of nitrogens with one attached hydrogen (secondary N) is 1. The highest BCUT2D eigenvalue weighted by molar-refractivity contribution is 7.15. The lowest BCUT2D eigenvalue weighted by Gasteiger charge is -2.02. The number of nitrogens with zero attached hydrogens (tertiary/aromatic N) is 1. The average Bonchev–Trinajstić information content (AvgIpc) is 2.56. The molecule has 0 atom stereocenters. The van der Waals surface area contributed by atoms with Crippen LogP contribution in [-0.2, 0) is 6.54 Å². The molecule has 16 heavy (non-hydrogen) atoms. The fraction of sp³-hybridized carbons (Fsp3) is 0.250. The van der Waals surface area contributed by atoms with Crippen LogP contribution >= 0.6 is 11.3 Å². The van der Waals surface area contributed by atoms with Crippen LogP contribution in [0.15, 0.2) is 24.3 Å². The van der Waals surface area contributed by atoms with Gasteiger partial charge in [0.25, 0.3) is 0 Å². The minimum atomic E-state index is -0.203. The van der Waals surface area contributed by atoms with Crippen LogP contribution in [0.2, 0.25) is 0 Å². The zero-order valence-corrected chi connectivity index (χ0v) is 10.1. The van der Waals surface area contributed by atoms with Gasteiger partial charge < -0.3 is 5.32 Å². The van der Waals surface area contributed by atoms with Crippen molar-refractivity contribution in [3.63, 3.8) is 0 Å². The molecule has 0 amide bonds. The number of rotatable bonds is 3. The minimum Gasteiger partial charge on any atom is -0.357 e. The third kappa shape index (κ3) is 2.58. The van der Waals surface area contributed by atoms with Crippen molar-refractivity contribution in [2.24, 2.45) is 0 Å². The number of hydrogen-bond acceptors (Lipinski definition) is 3. The normalized spacial score (nSPS) is 10.4. The largest absolute Gasteiger partial charge is 0.357 e. The molecule has 0 aliphatic rings. The summed E-state index contributed by atoms with van der Waals surface area (Å²) in [6, 6.07) is 6.58. The number of halogens is 1. The summed E-state index contributed by atoms with van der Waals surface area (Å²) < 4.78 is 12.9. The number of thiazole rings is 1. The van der Waals surface area contributed by atoms with Gasteiger partial charge in [0.15, 0.2) is 5.13 Å². The molecule has 0 fully saturated rings. The molecule has 1 aromatic carbocycles. The number of hydrogen-bond donors (Lipinski definition) is 1. The first-order chi connectivity index (χ1) is 7.65. The Kier molecular flexibility index (Phi) is 3.19. The second-order valence-corrected chi connectivity index (χ2v) is 4.85. The van der Waals surface area contributed by atoms with E-state index < -0.39 is 0 Å². The molecule has 2 rings (SSSR count). The lowest BCUT2D eigenvalue weighted by Crippen LogP contribution is -1.99. The summed E-state index contributed by atoms with van der Waals surface area (Å²) in [7, 11) is 0. The van der Waals surface area contributed by atoms with E-state index in [1.807, 2.05) is 19.9 Å². The van der Waals surface area contributed by atoms with Crippen molar-refractivity contribution in [1.82, 2.24) is 4.98 Å². The Morgan fingerprint density at radius 1 is 1.38 bits per heavy atom. The Labute approximate surface area is 98.2 Å². The SMILES string of the molecule is Cc1nc(NCc2cccc(F)c2)sc1C. The summed E-state index contributed by atoms with van der Waals surface area (Å²) in [6.45, 7) is 4.63. The van der Waals surface area contributed by atoms with Gasteiger partial charge in [-0.15, -0.1) is 11.3 Å². The van der Waals surface area contributed by atoms with Gasteiger partial charge in [0.05, 0.1) is 5.69 Å². The van der Waals surface area contributed by atoms with E-state index in [1.54, 1.807) is 17.4 Å². The fourth-order valence-corrected chi connectivity index (χ4v) is 2.18. The van der Waals surface area contributed by atoms with Crippen molar-refractivity contribution in [3.8, 4) is 0 Å². The summed E-state index contributed by atoms with van der Waals surface area (Å²) >= 11 is 1.62. The van der Waals surface area contributed by atoms with E-state index in [2.05, 4.69) is 10.3 Å². The summed E-state index contributed by atoms with van der Waals surface area (Å²) in [6.07, 6.45) is 0. The van der Waals surface area contributed by atoms with Crippen LogP contribution in [-0.4, -0.2) is 4.98 Å². The van der Waals surface area contributed by atoms with Gasteiger partial charge >= 0.3 is 0 Å². The van der Waals surface area contributed by atoms with Crippen molar-refractivity contribution in [1.29, 1.82) is 0 Å². The highest BCUT2D eigenvalue weighted by atomic mass is 32.1. The van der Waals surface area contributed by atoms with Gasteiger partial charge in [0.2, 0.25) is 0 Å². The first kappa shape index (κ1) is 11.1. The van der Waals surface area contributed by atoms with Gasteiger partial charge in [0.1, 0.15) is 5.82 Å². The molecule has 2 aromatic rings. The highest BCUT2D eigenvalue weighted by Crippen LogP contribution is 2.21. The Bertz CT molecular complexity index is 474. The van der Waals surface area contributed by atoms with E-state index in [1.165, 1.54) is 17.0 Å². The molecule has 0 spiro atoms. The molecule has 0 aliphatic heterocycles. The van der Waals surface area contributed by atoms with Gasteiger partial charge in [0, 0.05) is 11.4 Å². The Morgan fingerprint density at radius 3 is 2.81 bits per heavy atom. The van der Waals surface area contributed by atoms with Crippen LogP contribution < -0.4 is 5.32 Å². The molecule has 1 aromatic heterocycles. The summed E-state index contributed by atoms with van der Waals surface area (Å²) in [5.41, 5.74) is 1.97. The summed E-state index contributed by atoms with van der Waals surface area (Å²) in [5, 5.41) is 4.08. The predicted molar refractivity (Wildman–Crippen MR) is 65.3 cm³/mol. The van der Waals surface area contributed by atoms with E-state index in [4.69, 9.17) is 0 Å². The topological polar surface area (TPSA) is 24.9 Å². The second-order valence-electron chi connectivity index (χ2n) is 3.64. The zero-order valence-electron chi connectivity index (χ0n) is 9.25. The second kappa shape index (κ2) is 4.61. The molecule has 0 aliphatic carbocycles. The van der Waals surface area contributed by atoms with Gasteiger partial charge in [-0.3, -0.25) is 0 Å². The number of benzene rings is 1. The lowest BCUT2D eigenvalue weighted by atomic mass is 10.2. The van der Waals surface area contributed by atoms with E-state index in [0.717, 1.165) is 16.4 Å². The molecule has 0 unspecified atom stereocenters. The molecule has 0 saturated heterocycles. The first-order valence-electron chi connectivity index (χ1n) is 5.07. The van der Waals surface area contributed by atoms with Crippen molar-refractivity contribution in [2.45, 2.75) is 20.4 Å². The Hall–Kier alpha value is -1.42. The molecule has 4 heteroatoms. The minimum absolute atomic E-state index is 0.203. The average molecular weight is 236 g/mol. The molecular formula is C12H13FN2S. The maximum Gasteiger partial charge on any atom is 0.183 e. The van der Waals surface area contributed by atoms with Crippen molar-refractivity contribution in [2.75, 3.05) is 5.32 Å². The van der Waals surface area contributed by atoms with Gasteiger partial charge in [-0.05, 0) is 31.5 Å². The fourth-order valence-electron chi connectivity index (χ4n) is 1.37. The van der Waals surface area contributed by atoms with Crippen molar-refractivity contribution < 1.29 is 4.39 Å². The smallest absolute Gasteiger partial charge is 0.183 e. The summed E-state index contributed by atoms with van der Waals surface area (Å²) in [5.74, 6) is -0.203. The van der Waals surface area contributed by atoms with Crippen LogP contribution in [0, 0.1) is 19.7 Å². The molecule has 2 nitrogen and oxygen atoms in total. The zero-order chi connectivity index (χ0) is 11.5. The van der Waals surface area contributed by atoms with Crippen LogP contribution in [0.5, 0.6) is 0 Å². The van der Waals surface area contributed by atoms with Crippen molar-refractivity contribution >= 4 is 16.5 Å². The van der Waals surface area contributed by atoms with Crippen molar-refractivity contribution in [3.05, 3.63) is 46.2 Å². The Balaban J connectivity index is 2.02. The third-order valence-electron chi connectivity index (χ3n) is 2.36. The maximum absolute atomic E-state index is 12.9. The molecule has 84 valence electrons. The summed E-state index contributed by atoms with van der Waals surface area (Å²) in [4.78, 5) is 5.57. The molecular weight excluding hydrogens is 223 g/mol. The van der Waals surface area contributed by atoms with Crippen LogP contribution in [0.4, 0.5) is 9.52 Å². The Morgan fingerprint density at radius 2 is 2.19 bits per heavy atom. The van der Waals surface area contributed by atoms with Crippen LogP contribution in [0.1, 0.15) is 16.1 Å². The molecule has 1 heterocycles. The van der Waals surface area contributed by atoms with Gasteiger partial charge in [-0.2, -0.15) is 0 Å². The van der Waals surface area contributed by atoms with E-state index >= 15 is 0 Å². The van der Waals surface area contributed by atoms with E-state index in [0.29, 0.717) is 6.54 Å². The van der Waals surface area contributed by atoms with E-state index in [9.17, 15) is 4.39 Å². The third-order valence-corrected chi connectivity index (χ3v) is 3.39. The molecule has 0 radical (unpaired) electrons. The molecule has 1 N–H and O–H groups in total. The quantitative estimate of drug-likeness (QED) is 0.882. The van der Waals surface area contributed by atoms with E-state index in [-0.39, 0.29) is 5.82 Å². The van der Waals surface area contributed by atoms with Crippen LogP contribution in [0.25, 0.3) is 0 Å². The standard InChI is InChI=1S/C12H13FN2S/c1-8-9(2)16-12(15-8)14-7-10-4-3-5-11(13)6-10/h3-6H,7H2,1-2H3,(H,14,15). The van der Waals surface area contributed by atoms with Gasteiger partial charge in [-0.25, -0.2) is 9.37 Å². The monoisotopic (exact) mass is 236 g/mol. The predicted octanol–water partition coefficient (Wildman–Crippen LogP) is 3.51. The number of aromatic nitrogens is 1. The van der Waals surface area contributed by atoms with Crippen LogP contribution in [0.3, 0.4) is 0 Å². The maximum atomic E-state index is 12.9. The highest BCUT2D eigenvalue weighted by Gasteiger charge is 2.02. The lowest BCUT2D eigenvalue weighted by molar-refractivity contribution is 0.626. The van der Waals surface area contributed by atoms with Gasteiger partial charge in [-0.1, -0.05) is 12.1 Å². The molecule has 0 saturated carbocycles. The number of aryl methyl sites for hydroxylation is 2.